The first-order chi connectivity index (χ1) is 4.22. The lowest BCUT2D eigenvalue weighted by Gasteiger charge is -2.02. The number of halogens is 1. The second-order valence-electron chi connectivity index (χ2n) is 1.52. The fourth-order valence-corrected chi connectivity index (χ4v) is 0.707. The van der Waals surface area contributed by atoms with E-state index >= 15 is 0 Å². The molecule has 0 N–H and O–H groups in total. The average Bonchev–Trinajstić information content (AvgIpc) is 2.13. The van der Waals surface area contributed by atoms with Crippen LogP contribution in [-0.2, 0) is 4.74 Å². The van der Waals surface area contributed by atoms with Gasteiger partial charge in [-0.25, -0.2) is 9.69 Å². The van der Waals surface area contributed by atoms with Crippen LogP contribution in [0.2, 0.25) is 0 Å². The summed E-state index contributed by atoms with van der Waals surface area (Å²) in [5.41, 5.74) is 0. The van der Waals surface area contributed by atoms with Gasteiger partial charge in [0.25, 0.3) is 0 Å². The summed E-state index contributed by atoms with van der Waals surface area (Å²) in [5, 5.41) is -0.780. The molecule has 2 amide bonds. The van der Waals surface area contributed by atoms with E-state index in [0.717, 1.165) is 4.90 Å². The topological polar surface area (TPSA) is 46.6 Å². The van der Waals surface area contributed by atoms with Crippen LogP contribution in [0, 0.1) is 0 Å². The van der Waals surface area contributed by atoms with Crippen LogP contribution >= 0.6 is 11.6 Å². The van der Waals surface area contributed by atoms with Crippen LogP contribution < -0.4 is 0 Å². The number of nitrogens with zero attached hydrogens (tertiary/aromatic N) is 1. The number of amides is 2. The molecule has 0 radical (unpaired) electrons. The van der Waals surface area contributed by atoms with Crippen molar-refractivity contribution >= 4 is 23.1 Å². The fraction of sp³-hybridized carbons (Fsp3) is 0.500. The van der Waals surface area contributed by atoms with Crippen molar-refractivity contribution in [2.75, 3.05) is 13.2 Å². The summed E-state index contributed by atoms with van der Waals surface area (Å²) >= 11 is 4.97. The van der Waals surface area contributed by atoms with Gasteiger partial charge in [0.1, 0.15) is 6.61 Å². The Hall–Kier alpha value is -0.770. The standard InChI is InChI=1S/C4H4ClNO3/c5-3(7)6-1-2-9-4(6)8/h1-2H2. The number of cyclic esters (lactones) is 1. The first kappa shape index (κ1) is 6.35. The summed E-state index contributed by atoms with van der Waals surface area (Å²) in [4.78, 5) is 21.5. The molecule has 5 heteroatoms. The molecular weight excluding hydrogens is 146 g/mol. The Morgan fingerprint density at radius 2 is 2.44 bits per heavy atom. The van der Waals surface area contributed by atoms with E-state index < -0.39 is 11.5 Å². The number of rotatable bonds is 0. The minimum atomic E-state index is -0.780. The highest BCUT2D eigenvalue weighted by atomic mass is 35.5. The molecule has 4 nitrogen and oxygen atoms in total. The van der Waals surface area contributed by atoms with Crippen molar-refractivity contribution in [1.82, 2.24) is 4.90 Å². The minimum Gasteiger partial charge on any atom is -0.447 e. The van der Waals surface area contributed by atoms with E-state index in [9.17, 15) is 9.59 Å². The van der Waals surface area contributed by atoms with Gasteiger partial charge in [-0.3, -0.25) is 4.79 Å². The predicted molar refractivity (Wildman–Crippen MR) is 29.3 cm³/mol. The monoisotopic (exact) mass is 149 g/mol. The van der Waals surface area contributed by atoms with Gasteiger partial charge in [-0.15, -0.1) is 0 Å². The van der Waals surface area contributed by atoms with E-state index in [4.69, 9.17) is 11.6 Å². The van der Waals surface area contributed by atoms with Crippen LogP contribution in [0.4, 0.5) is 9.59 Å². The van der Waals surface area contributed by atoms with Crippen molar-refractivity contribution < 1.29 is 14.3 Å². The second kappa shape index (κ2) is 2.23. The van der Waals surface area contributed by atoms with Gasteiger partial charge in [-0.05, 0) is 11.6 Å². The molecule has 0 aromatic rings. The van der Waals surface area contributed by atoms with Crippen molar-refractivity contribution in [1.29, 1.82) is 0 Å². The van der Waals surface area contributed by atoms with Crippen LogP contribution in [0.15, 0.2) is 0 Å². The zero-order valence-corrected chi connectivity index (χ0v) is 5.22. The molecule has 9 heavy (non-hydrogen) atoms. The largest absolute Gasteiger partial charge is 0.447 e. The molecule has 0 unspecified atom stereocenters. The number of carbonyl (C=O) groups excluding carboxylic acids is 2. The summed E-state index contributed by atoms with van der Waals surface area (Å²) in [6.45, 7) is 0.512. The summed E-state index contributed by atoms with van der Waals surface area (Å²) in [7, 11) is 0. The lowest BCUT2D eigenvalue weighted by Crippen LogP contribution is -2.26. The fourth-order valence-electron chi connectivity index (χ4n) is 0.553. The maximum absolute atomic E-state index is 10.4. The number of imide groups is 1. The van der Waals surface area contributed by atoms with Crippen LogP contribution in [0.25, 0.3) is 0 Å². The van der Waals surface area contributed by atoms with Crippen molar-refractivity contribution in [2.24, 2.45) is 0 Å². The number of ether oxygens (including phenoxy) is 1. The minimum absolute atomic E-state index is 0.247. The Morgan fingerprint density at radius 1 is 1.78 bits per heavy atom. The molecule has 0 atom stereocenters. The first-order valence-electron chi connectivity index (χ1n) is 2.35. The highest BCUT2D eigenvalue weighted by Gasteiger charge is 2.26. The van der Waals surface area contributed by atoms with E-state index in [1.54, 1.807) is 0 Å². The molecule has 0 saturated carbocycles. The maximum Gasteiger partial charge on any atom is 0.417 e. The zero-order chi connectivity index (χ0) is 6.85. The number of hydrogen-bond donors (Lipinski definition) is 0. The van der Waals surface area contributed by atoms with E-state index in [1.807, 2.05) is 0 Å². The highest BCUT2D eigenvalue weighted by Crippen LogP contribution is 2.05. The lowest BCUT2D eigenvalue weighted by molar-refractivity contribution is 0.163. The molecule has 1 aliphatic heterocycles. The van der Waals surface area contributed by atoms with E-state index in [1.165, 1.54) is 0 Å². The van der Waals surface area contributed by atoms with Gasteiger partial charge in [0.15, 0.2) is 0 Å². The Bertz CT molecular complexity index is 158. The van der Waals surface area contributed by atoms with E-state index in [-0.39, 0.29) is 13.2 Å². The quantitative estimate of drug-likeness (QED) is 0.378. The highest BCUT2D eigenvalue weighted by molar-refractivity contribution is 6.63. The summed E-state index contributed by atoms with van der Waals surface area (Å²) in [5.74, 6) is 0. The van der Waals surface area contributed by atoms with Crippen molar-refractivity contribution in [2.45, 2.75) is 0 Å². The van der Waals surface area contributed by atoms with Crippen LogP contribution in [0.1, 0.15) is 0 Å². The van der Waals surface area contributed by atoms with Gasteiger partial charge in [-0.2, -0.15) is 0 Å². The molecule has 1 heterocycles. The zero-order valence-electron chi connectivity index (χ0n) is 4.46. The van der Waals surface area contributed by atoms with Crippen LogP contribution in [0.5, 0.6) is 0 Å². The molecule has 1 rings (SSSR count). The third-order valence-corrected chi connectivity index (χ3v) is 1.18. The Kier molecular flexibility index (Phi) is 1.57. The van der Waals surface area contributed by atoms with Gasteiger partial charge in [0, 0.05) is 0 Å². The molecule has 0 aliphatic carbocycles. The molecule has 50 valence electrons. The van der Waals surface area contributed by atoms with Gasteiger partial charge in [-0.1, -0.05) is 0 Å². The van der Waals surface area contributed by atoms with Gasteiger partial charge in [0.05, 0.1) is 6.54 Å². The van der Waals surface area contributed by atoms with Crippen molar-refractivity contribution in [3.05, 3.63) is 0 Å². The van der Waals surface area contributed by atoms with Crippen LogP contribution in [0.3, 0.4) is 0 Å². The molecule has 0 spiro atoms. The summed E-state index contributed by atoms with van der Waals surface area (Å²) < 4.78 is 4.41. The predicted octanol–water partition coefficient (Wildman–Crippen LogP) is 0.797. The van der Waals surface area contributed by atoms with E-state index in [0.29, 0.717) is 0 Å². The first-order valence-corrected chi connectivity index (χ1v) is 2.73. The molecule has 1 aliphatic rings. The SMILES string of the molecule is O=C(Cl)N1CCOC1=O. The van der Waals surface area contributed by atoms with Crippen LogP contribution in [-0.4, -0.2) is 29.5 Å². The Balaban J connectivity index is 2.60. The number of hydrogen-bond acceptors (Lipinski definition) is 3. The normalized spacial score (nSPS) is 17.9. The number of carbonyl (C=O) groups is 2. The van der Waals surface area contributed by atoms with E-state index in [2.05, 4.69) is 4.74 Å². The molecule has 0 aromatic carbocycles. The average molecular weight is 150 g/mol. The third kappa shape index (κ3) is 1.13. The second-order valence-corrected chi connectivity index (χ2v) is 1.84. The Labute approximate surface area is 56.3 Å². The van der Waals surface area contributed by atoms with Gasteiger partial charge >= 0.3 is 11.5 Å². The van der Waals surface area contributed by atoms with Crippen molar-refractivity contribution in [3.8, 4) is 0 Å². The van der Waals surface area contributed by atoms with Gasteiger partial charge in [0.2, 0.25) is 0 Å². The molecule has 1 fully saturated rings. The summed E-state index contributed by atoms with van der Waals surface area (Å²) in [6.07, 6.45) is -0.657. The maximum atomic E-state index is 10.4. The molecule has 0 aromatic heterocycles. The van der Waals surface area contributed by atoms with Gasteiger partial charge < -0.3 is 4.74 Å². The molecule has 1 saturated heterocycles. The smallest absolute Gasteiger partial charge is 0.417 e. The summed E-state index contributed by atoms with van der Waals surface area (Å²) in [6, 6.07) is 0. The molecule has 0 bridgehead atoms. The van der Waals surface area contributed by atoms with Crippen molar-refractivity contribution in [3.63, 3.8) is 0 Å². The Morgan fingerprint density at radius 3 is 2.67 bits per heavy atom. The lowest BCUT2D eigenvalue weighted by atomic mass is 10.7. The third-order valence-electron chi connectivity index (χ3n) is 0.973. The molecular formula is C4H4ClNO3.